The summed E-state index contributed by atoms with van der Waals surface area (Å²) in [7, 11) is 0. The van der Waals surface area contributed by atoms with E-state index in [0.717, 1.165) is 17.8 Å². The fourth-order valence-corrected chi connectivity index (χ4v) is 3.05. The zero-order valence-corrected chi connectivity index (χ0v) is 12.4. The number of nitrogens with zero attached hydrogens (tertiary/aromatic N) is 2. The molecule has 3 N–H and O–H groups in total. The highest BCUT2D eigenvalue weighted by Crippen LogP contribution is 2.41. The Bertz CT molecular complexity index is 713. The lowest BCUT2D eigenvalue weighted by Gasteiger charge is -2.16. The van der Waals surface area contributed by atoms with Crippen molar-refractivity contribution in [2.45, 2.75) is 18.9 Å². The molecule has 0 aliphatic heterocycles. The minimum Gasteiger partial charge on any atom is -0.398 e. The van der Waals surface area contributed by atoms with Gasteiger partial charge in [-0.25, -0.2) is 4.98 Å². The van der Waals surface area contributed by atoms with Crippen LogP contribution in [0.2, 0.25) is 0 Å². The Labute approximate surface area is 130 Å². The van der Waals surface area contributed by atoms with E-state index < -0.39 is 10.8 Å². The molecule has 7 nitrogen and oxygen atoms in total. The summed E-state index contributed by atoms with van der Waals surface area (Å²) in [5, 5.41) is 16.5. The highest BCUT2D eigenvalue weighted by Gasteiger charge is 2.35. The lowest BCUT2D eigenvalue weighted by Crippen LogP contribution is -2.30. The van der Waals surface area contributed by atoms with Gasteiger partial charge >= 0.3 is 0 Å². The number of nitro groups is 1. The Morgan fingerprint density at radius 3 is 2.86 bits per heavy atom. The van der Waals surface area contributed by atoms with Crippen LogP contribution in [0.15, 0.2) is 29.8 Å². The van der Waals surface area contributed by atoms with Gasteiger partial charge in [0.2, 0.25) is 0 Å². The molecule has 1 aromatic heterocycles. The van der Waals surface area contributed by atoms with Crippen molar-refractivity contribution in [1.29, 1.82) is 0 Å². The molecule has 2 aromatic rings. The van der Waals surface area contributed by atoms with Crippen LogP contribution >= 0.6 is 11.3 Å². The van der Waals surface area contributed by atoms with Crippen molar-refractivity contribution >= 4 is 28.6 Å². The number of carbonyl (C=O) groups is 1. The van der Waals surface area contributed by atoms with Crippen LogP contribution in [0.4, 0.5) is 11.4 Å². The molecule has 0 radical (unpaired) electrons. The maximum absolute atomic E-state index is 12.4. The van der Waals surface area contributed by atoms with Crippen molar-refractivity contribution in [2.24, 2.45) is 5.92 Å². The van der Waals surface area contributed by atoms with Crippen molar-refractivity contribution in [3.63, 3.8) is 0 Å². The molecule has 0 saturated heterocycles. The molecule has 22 heavy (non-hydrogen) atoms. The van der Waals surface area contributed by atoms with Crippen LogP contribution in [0.5, 0.6) is 0 Å². The van der Waals surface area contributed by atoms with E-state index in [1.165, 1.54) is 29.5 Å². The summed E-state index contributed by atoms with van der Waals surface area (Å²) < 4.78 is 0. The number of aromatic nitrogens is 1. The predicted molar refractivity (Wildman–Crippen MR) is 82.6 cm³/mol. The van der Waals surface area contributed by atoms with Crippen LogP contribution in [0.1, 0.15) is 34.2 Å². The number of non-ortho nitro benzene ring substituents is 1. The molecule has 1 amide bonds. The number of amides is 1. The zero-order valence-electron chi connectivity index (χ0n) is 11.6. The molecular formula is C14H14N4O3S. The number of nitrogens with two attached hydrogens (primary N) is 1. The molecule has 0 spiro atoms. The van der Waals surface area contributed by atoms with E-state index in [1.54, 1.807) is 6.20 Å². The summed E-state index contributed by atoms with van der Waals surface area (Å²) in [6.45, 7) is 0. The second-order valence-electron chi connectivity index (χ2n) is 5.19. The highest BCUT2D eigenvalue weighted by atomic mass is 32.1. The van der Waals surface area contributed by atoms with Gasteiger partial charge in [-0.1, -0.05) is 0 Å². The number of anilines is 1. The van der Waals surface area contributed by atoms with E-state index in [-0.39, 0.29) is 23.0 Å². The number of hydrogen-bond donors (Lipinski definition) is 2. The number of benzene rings is 1. The summed E-state index contributed by atoms with van der Waals surface area (Å²) in [5.74, 6) is -0.0386. The van der Waals surface area contributed by atoms with E-state index >= 15 is 0 Å². The van der Waals surface area contributed by atoms with E-state index in [9.17, 15) is 14.9 Å². The Hall–Kier alpha value is -2.48. The minimum atomic E-state index is -0.546. The number of carbonyl (C=O) groups excluding carboxylic acids is 1. The number of nitro benzene ring substituents is 1. The Balaban J connectivity index is 1.84. The molecule has 1 aliphatic rings. The topological polar surface area (TPSA) is 111 Å². The van der Waals surface area contributed by atoms with Crippen LogP contribution < -0.4 is 11.1 Å². The minimum absolute atomic E-state index is 0.122. The predicted octanol–water partition coefficient (Wildman–Crippen LogP) is 2.51. The van der Waals surface area contributed by atoms with Crippen LogP contribution in [0.25, 0.3) is 0 Å². The van der Waals surface area contributed by atoms with Gasteiger partial charge in [-0.3, -0.25) is 14.9 Å². The lowest BCUT2D eigenvalue weighted by molar-refractivity contribution is -0.384. The molecule has 1 aliphatic carbocycles. The number of hydrogen-bond acceptors (Lipinski definition) is 6. The summed E-state index contributed by atoms with van der Waals surface area (Å²) in [6, 6.07) is 3.70. The molecule has 3 rings (SSSR count). The first-order valence-electron chi connectivity index (χ1n) is 6.80. The van der Waals surface area contributed by atoms with Gasteiger partial charge in [0.15, 0.2) is 0 Å². The van der Waals surface area contributed by atoms with E-state index in [1.807, 2.05) is 5.38 Å². The number of thiazole rings is 1. The summed E-state index contributed by atoms with van der Waals surface area (Å²) in [6.07, 6.45) is 3.77. The molecule has 1 heterocycles. The molecule has 1 aromatic carbocycles. The van der Waals surface area contributed by atoms with Gasteiger partial charge in [-0.2, -0.15) is 0 Å². The number of nitrogens with one attached hydrogen (secondary N) is 1. The highest BCUT2D eigenvalue weighted by molar-refractivity contribution is 7.09. The normalized spacial score (nSPS) is 15.3. The van der Waals surface area contributed by atoms with E-state index in [2.05, 4.69) is 10.3 Å². The summed E-state index contributed by atoms with van der Waals surface area (Å²) in [5.41, 5.74) is 5.97. The molecule has 8 heteroatoms. The molecule has 1 atom stereocenters. The lowest BCUT2D eigenvalue weighted by atomic mass is 10.1. The average molecular weight is 318 g/mol. The van der Waals surface area contributed by atoms with Crippen molar-refractivity contribution in [1.82, 2.24) is 10.3 Å². The van der Waals surface area contributed by atoms with Gasteiger partial charge in [0, 0.05) is 29.4 Å². The molecule has 1 fully saturated rings. The molecule has 1 saturated carbocycles. The SMILES string of the molecule is Nc1ccc([N+](=O)[O-])cc1C(=O)N[C@@H](c1nccs1)C1CC1. The van der Waals surface area contributed by atoms with Crippen LogP contribution in [0, 0.1) is 16.0 Å². The Morgan fingerprint density at radius 2 is 2.27 bits per heavy atom. The number of rotatable bonds is 5. The zero-order chi connectivity index (χ0) is 15.7. The van der Waals surface area contributed by atoms with Crippen molar-refractivity contribution in [3.8, 4) is 0 Å². The Kier molecular flexibility index (Phi) is 3.76. The van der Waals surface area contributed by atoms with Crippen molar-refractivity contribution in [2.75, 3.05) is 5.73 Å². The maximum Gasteiger partial charge on any atom is 0.270 e. The second kappa shape index (κ2) is 5.72. The largest absolute Gasteiger partial charge is 0.398 e. The smallest absolute Gasteiger partial charge is 0.270 e. The van der Waals surface area contributed by atoms with Gasteiger partial charge in [0.05, 0.1) is 16.5 Å². The van der Waals surface area contributed by atoms with Gasteiger partial charge in [-0.15, -0.1) is 11.3 Å². The quantitative estimate of drug-likeness (QED) is 0.500. The molecule has 0 bridgehead atoms. The fraction of sp³-hybridized carbons (Fsp3) is 0.286. The average Bonchev–Trinajstić information content (AvgIpc) is 3.19. The first-order valence-corrected chi connectivity index (χ1v) is 7.68. The molecule has 114 valence electrons. The number of nitrogen functional groups attached to an aromatic ring is 1. The maximum atomic E-state index is 12.4. The van der Waals surface area contributed by atoms with Crippen LogP contribution in [-0.4, -0.2) is 15.8 Å². The third-order valence-electron chi connectivity index (χ3n) is 3.59. The second-order valence-corrected chi connectivity index (χ2v) is 6.11. The third-order valence-corrected chi connectivity index (χ3v) is 4.45. The van der Waals surface area contributed by atoms with Gasteiger partial charge in [0.25, 0.3) is 11.6 Å². The van der Waals surface area contributed by atoms with Crippen LogP contribution in [-0.2, 0) is 0 Å². The van der Waals surface area contributed by atoms with Gasteiger partial charge in [-0.05, 0) is 24.8 Å². The Morgan fingerprint density at radius 1 is 1.50 bits per heavy atom. The van der Waals surface area contributed by atoms with Crippen molar-refractivity contribution < 1.29 is 9.72 Å². The third kappa shape index (κ3) is 2.91. The van der Waals surface area contributed by atoms with E-state index in [4.69, 9.17) is 5.73 Å². The van der Waals surface area contributed by atoms with Crippen LogP contribution in [0.3, 0.4) is 0 Å². The fourth-order valence-electron chi connectivity index (χ4n) is 2.27. The molecule has 0 unspecified atom stereocenters. The van der Waals surface area contributed by atoms with E-state index in [0.29, 0.717) is 5.92 Å². The van der Waals surface area contributed by atoms with Gasteiger partial charge in [0.1, 0.15) is 5.01 Å². The summed E-state index contributed by atoms with van der Waals surface area (Å²) >= 11 is 1.48. The first kappa shape index (κ1) is 14.5. The van der Waals surface area contributed by atoms with Crippen molar-refractivity contribution in [3.05, 3.63) is 50.5 Å². The molecular weight excluding hydrogens is 304 g/mol. The van der Waals surface area contributed by atoms with Gasteiger partial charge < -0.3 is 11.1 Å². The monoisotopic (exact) mass is 318 g/mol. The standard InChI is InChI=1S/C14H14N4O3S/c15-11-4-3-9(18(20)21)7-10(11)13(19)17-12(8-1-2-8)14-16-5-6-22-14/h3-8,12H,1-2,15H2,(H,17,19)/t12-/m1/s1. The first-order chi connectivity index (χ1) is 10.6. The summed E-state index contributed by atoms with van der Waals surface area (Å²) in [4.78, 5) is 27.0.